The summed E-state index contributed by atoms with van der Waals surface area (Å²) in [7, 11) is -3.09. The van der Waals surface area contributed by atoms with E-state index >= 15 is 0 Å². The van der Waals surface area contributed by atoms with Crippen molar-refractivity contribution in [1.82, 2.24) is 24.6 Å². The zero-order valence-electron chi connectivity index (χ0n) is 13.1. The summed E-state index contributed by atoms with van der Waals surface area (Å²) in [4.78, 5) is 8.15. The van der Waals surface area contributed by atoms with Crippen LogP contribution >= 0.6 is 0 Å². The highest BCUT2D eigenvalue weighted by Gasteiger charge is 2.39. The van der Waals surface area contributed by atoms with Crippen molar-refractivity contribution < 1.29 is 26.3 Å². The predicted octanol–water partition coefficient (Wildman–Crippen LogP) is 1.65. The normalized spacial score (nSPS) is 18.4. The zero-order valence-corrected chi connectivity index (χ0v) is 14.0. The molecule has 3 aromatic heterocycles. The lowest BCUT2D eigenvalue weighted by atomic mass is 10.2. The first-order valence-electron chi connectivity index (χ1n) is 7.69. The van der Waals surface area contributed by atoms with E-state index in [2.05, 4.69) is 20.2 Å². The third kappa shape index (κ3) is 2.93. The molecule has 138 valence electrons. The minimum absolute atomic E-state index is 0.0381. The molecule has 0 atom stereocenters. The van der Waals surface area contributed by atoms with E-state index in [0.717, 1.165) is 4.40 Å². The van der Waals surface area contributed by atoms with E-state index in [-0.39, 0.29) is 47.0 Å². The van der Waals surface area contributed by atoms with E-state index in [0.29, 0.717) is 0 Å². The number of sulfone groups is 1. The second-order valence-electron chi connectivity index (χ2n) is 5.91. The van der Waals surface area contributed by atoms with Gasteiger partial charge in [-0.15, -0.1) is 10.2 Å². The van der Waals surface area contributed by atoms with Crippen molar-refractivity contribution in [3.63, 3.8) is 0 Å². The Labute approximate surface area is 144 Å². The average molecular weight is 387 g/mol. The molecule has 4 rings (SSSR count). The van der Waals surface area contributed by atoms with Gasteiger partial charge in [0.05, 0.1) is 11.5 Å². The number of nitrogens with zero attached hydrogens (tertiary/aromatic N) is 5. The maximum Gasteiger partial charge on any atom is 0.452 e. The summed E-state index contributed by atoms with van der Waals surface area (Å²) < 4.78 is 69.3. The van der Waals surface area contributed by atoms with Crippen LogP contribution in [0.15, 0.2) is 18.3 Å². The summed E-state index contributed by atoms with van der Waals surface area (Å²) in [6.45, 7) is 0. The van der Waals surface area contributed by atoms with Crippen LogP contribution in [0.1, 0.15) is 18.7 Å². The standard InChI is InChI=1S/C14H12F3N5O3S/c15-14(16,17)13-21-20-11-12(25-8-3-6-26(23,24)7-4-8)19-9-2-1-5-18-10(9)22(11)13/h1-2,5,8H,3-4,6-7H2. The molecule has 0 saturated carbocycles. The number of hydrogen-bond donors (Lipinski definition) is 0. The van der Waals surface area contributed by atoms with Crippen molar-refractivity contribution in [2.45, 2.75) is 25.1 Å². The first-order valence-corrected chi connectivity index (χ1v) is 9.51. The van der Waals surface area contributed by atoms with Crippen molar-refractivity contribution in [2.75, 3.05) is 11.5 Å². The minimum atomic E-state index is -4.73. The quantitative estimate of drug-likeness (QED) is 0.659. The van der Waals surface area contributed by atoms with Crippen molar-refractivity contribution >= 4 is 26.6 Å². The molecule has 8 nitrogen and oxygen atoms in total. The van der Waals surface area contributed by atoms with E-state index in [1.807, 2.05) is 0 Å². The summed E-state index contributed by atoms with van der Waals surface area (Å²) in [5.74, 6) is -1.43. The number of hydrogen-bond acceptors (Lipinski definition) is 7. The highest BCUT2D eigenvalue weighted by Crippen LogP contribution is 2.32. The molecule has 0 aromatic carbocycles. The molecule has 0 spiro atoms. The number of rotatable bonds is 2. The average Bonchev–Trinajstić information content (AvgIpc) is 3.03. The third-order valence-electron chi connectivity index (χ3n) is 4.09. The smallest absolute Gasteiger partial charge is 0.452 e. The van der Waals surface area contributed by atoms with E-state index in [9.17, 15) is 21.6 Å². The van der Waals surface area contributed by atoms with Crippen molar-refractivity contribution in [3.8, 4) is 5.88 Å². The molecule has 1 saturated heterocycles. The van der Waals surface area contributed by atoms with Gasteiger partial charge in [0.25, 0.3) is 5.88 Å². The molecule has 4 heterocycles. The van der Waals surface area contributed by atoms with Crippen LogP contribution in [-0.4, -0.2) is 50.6 Å². The second kappa shape index (κ2) is 5.76. The fourth-order valence-electron chi connectivity index (χ4n) is 2.84. The maximum absolute atomic E-state index is 13.3. The van der Waals surface area contributed by atoms with Gasteiger partial charge >= 0.3 is 6.18 Å². The number of halogens is 3. The number of fused-ring (bicyclic) bond motifs is 3. The van der Waals surface area contributed by atoms with Gasteiger partial charge in [-0.2, -0.15) is 13.2 Å². The lowest BCUT2D eigenvalue weighted by Crippen LogP contribution is -2.31. The van der Waals surface area contributed by atoms with Crippen LogP contribution in [0, 0.1) is 0 Å². The third-order valence-corrected chi connectivity index (χ3v) is 5.80. The molecule has 1 fully saturated rings. The predicted molar refractivity (Wildman–Crippen MR) is 83.4 cm³/mol. The monoisotopic (exact) mass is 387 g/mol. The topological polar surface area (TPSA) is 99.3 Å². The van der Waals surface area contributed by atoms with Crippen LogP contribution in [0.5, 0.6) is 5.88 Å². The Bertz CT molecular complexity index is 1080. The maximum atomic E-state index is 13.3. The number of ether oxygens (including phenoxy) is 1. The molecule has 3 aromatic rings. The van der Waals surface area contributed by atoms with Crippen molar-refractivity contribution in [2.24, 2.45) is 0 Å². The van der Waals surface area contributed by atoms with Crippen LogP contribution in [0.25, 0.3) is 16.8 Å². The van der Waals surface area contributed by atoms with Gasteiger partial charge in [-0.3, -0.25) is 0 Å². The molecule has 0 N–H and O–H groups in total. The van der Waals surface area contributed by atoms with Crippen molar-refractivity contribution in [1.29, 1.82) is 0 Å². The van der Waals surface area contributed by atoms with Gasteiger partial charge in [0, 0.05) is 6.20 Å². The summed E-state index contributed by atoms with van der Waals surface area (Å²) in [5.41, 5.74) is -0.0703. The molecule has 26 heavy (non-hydrogen) atoms. The molecule has 1 aliphatic rings. The Kier molecular flexibility index (Phi) is 3.75. The molecule has 0 amide bonds. The molecule has 1 aliphatic heterocycles. The second-order valence-corrected chi connectivity index (χ2v) is 8.22. The fraction of sp³-hybridized carbons (Fsp3) is 0.429. The Hall–Kier alpha value is -2.50. The van der Waals surface area contributed by atoms with Crippen LogP contribution in [0.2, 0.25) is 0 Å². The lowest BCUT2D eigenvalue weighted by Gasteiger charge is -2.22. The van der Waals surface area contributed by atoms with E-state index < -0.39 is 27.9 Å². The number of aromatic nitrogens is 5. The molecular weight excluding hydrogens is 375 g/mol. The highest BCUT2D eigenvalue weighted by molar-refractivity contribution is 7.91. The van der Waals surface area contributed by atoms with Gasteiger partial charge in [0.15, 0.2) is 15.5 Å². The van der Waals surface area contributed by atoms with Gasteiger partial charge in [-0.25, -0.2) is 22.8 Å². The number of pyridine rings is 1. The van der Waals surface area contributed by atoms with Crippen LogP contribution in [-0.2, 0) is 16.0 Å². The lowest BCUT2D eigenvalue weighted by molar-refractivity contribution is -0.145. The summed E-state index contributed by atoms with van der Waals surface area (Å²) in [6.07, 6.45) is -3.39. The fourth-order valence-corrected chi connectivity index (χ4v) is 4.29. The summed E-state index contributed by atoms with van der Waals surface area (Å²) >= 11 is 0. The van der Waals surface area contributed by atoms with Gasteiger partial charge in [-0.1, -0.05) is 0 Å². The highest BCUT2D eigenvalue weighted by atomic mass is 32.2. The van der Waals surface area contributed by atoms with Gasteiger partial charge in [0.1, 0.15) is 11.6 Å². The largest absolute Gasteiger partial charge is 0.472 e. The van der Waals surface area contributed by atoms with Crippen LogP contribution in [0.4, 0.5) is 13.2 Å². The molecule has 0 unspecified atom stereocenters. The van der Waals surface area contributed by atoms with Crippen molar-refractivity contribution in [3.05, 3.63) is 24.2 Å². The number of alkyl halides is 3. The molecule has 0 bridgehead atoms. The van der Waals surface area contributed by atoms with E-state index in [1.54, 1.807) is 0 Å². The Balaban J connectivity index is 1.83. The van der Waals surface area contributed by atoms with E-state index in [1.165, 1.54) is 18.3 Å². The SMILES string of the molecule is O=S1(=O)CCC(Oc2nc3cccnc3n3c(C(F)(F)F)nnc23)CC1. The Morgan fingerprint density at radius 2 is 1.88 bits per heavy atom. The minimum Gasteiger partial charge on any atom is -0.472 e. The van der Waals surface area contributed by atoms with Gasteiger partial charge in [-0.05, 0) is 25.0 Å². The molecule has 0 radical (unpaired) electrons. The molecule has 12 heteroatoms. The van der Waals surface area contributed by atoms with Crippen LogP contribution < -0.4 is 4.74 Å². The van der Waals surface area contributed by atoms with Gasteiger partial charge in [0.2, 0.25) is 11.5 Å². The van der Waals surface area contributed by atoms with Gasteiger partial charge < -0.3 is 4.74 Å². The Morgan fingerprint density at radius 1 is 1.15 bits per heavy atom. The first-order chi connectivity index (χ1) is 12.2. The molecular formula is C14H12F3N5O3S. The van der Waals surface area contributed by atoms with E-state index in [4.69, 9.17) is 4.74 Å². The first kappa shape index (κ1) is 16.9. The molecule has 0 aliphatic carbocycles. The summed E-state index contributed by atoms with van der Waals surface area (Å²) in [5, 5.41) is 6.80. The van der Waals surface area contributed by atoms with Crippen LogP contribution in [0.3, 0.4) is 0 Å². The Morgan fingerprint density at radius 3 is 2.58 bits per heavy atom. The summed E-state index contributed by atoms with van der Waals surface area (Å²) in [6, 6.07) is 3.04. The zero-order chi connectivity index (χ0) is 18.5.